The zero-order valence-corrected chi connectivity index (χ0v) is 12.7. The lowest BCUT2D eigenvalue weighted by molar-refractivity contribution is 0.0702. The van der Waals surface area contributed by atoms with E-state index in [9.17, 15) is 9.59 Å². The standard InChI is InChI=1S/C16H17NO3S/c1-10-3-5-12(6-4-10)11(2)9-17-15(18)13-7-8-14(21-13)16(19)20/h3-8,11H,9H2,1-2H3,(H,17,18)(H,19,20). The highest BCUT2D eigenvalue weighted by Gasteiger charge is 2.14. The Bertz CT molecular complexity index is 646. The van der Waals surface area contributed by atoms with E-state index in [2.05, 4.69) is 17.4 Å². The van der Waals surface area contributed by atoms with Crippen molar-refractivity contribution in [3.8, 4) is 0 Å². The number of amides is 1. The molecule has 1 atom stereocenters. The molecule has 1 aromatic carbocycles. The molecule has 5 heteroatoms. The topological polar surface area (TPSA) is 66.4 Å². The van der Waals surface area contributed by atoms with Gasteiger partial charge >= 0.3 is 5.97 Å². The van der Waals surface area contributed by atoms with Gasteiger partial charge in [-0.1, -0.05) is 36.8 Å². The van der Waals surface area contributed by atoms with Crippen LogP contribution in [0.25, 0.3) is 0 Å². The van der Waals surface area contributed by atoms with Gasteiger partial charge in [0.1, 0.15) is 4.88 Å². The summed E-state index contributed by atoms with van der Waals surface area (Å²) in [5.41, 5.74) is 2.37. The van der Waals surface area contributed by atoms with Crippen molar-refractivity contribution in [1.29, 1.82) is 0 Å². The highest BCUT2D eigenvalue weighted by atomic mass is 32.1. The van der Waals surface area contributed by atoms with Gasteiger partial charge in [-0.3, -0.25) is 4.79 Å². The molecule has 1 heterocycles. The predicted octanol–water partition coefficient (Wildman–Crippen LogP) is 3.29. The third-order valence-corrected chi connectivity index (χ3v) is 4.33. The van der Waals surface area contributed by atoms with Crippen molar-refractivity contribution in [3.63, 3.8) is 0 Å². The van der Waals surface area contributed by atoms with Crippen LogP contribution in [0.3, 0.4) is 0 Å². The molecule has 2 aromatic rings. The van der Waals surface area contributed by atoms with Gasteiger partial charge in [0.05, 0.1) is 4.88 Å². The summed E-state index contributed by atoms with van der Waals surface area (Å²) in [6.07, 6.45) is 0. The predicted molar refractivity (Wildman–Crippen MR) is 83.2 cm³/mol. The molecule has 2 rings (SSSR count). The summed E-state index contributed by atoms with van der Waals surface area (Å²) in [4.78, 5) is 23.4. The van der Waals surface area contributed by atoms with Crippen LogP contribution in [0.4, 0.5) is 0 Å². The molecular weight excluding hydrogens is 286 g/mol. The van der Waals surface area contributed by atoms with Gasteiger partial charge in [-0.25, -0.2) is 4.79 Å². The van der Waals surface area contributed by atoms with Crippen LogP contribution in [0.2, 0.25) is 0 Å². The second-order valence-corrected chi connectivity index (χ2v) is 6.07. The fourth-order valence-electron chi connectivity index (χ4n) is 1.92. The molecule has 1 unspecified atom stereocenters. The third-order valence-electron chi connectivity index (χ3n) is 3.26. The molecule has 0 spiro atoms. The van der Waals surface area contributed by atoms with Crippen molar-refractivity contribution < 1.29 is 14.7 Å². The zero-order chi connectivity index (χ0) is 15.4. The lowest BCUT2D eigenvalue weighted by Crippen LogP contribution is -2.26. The first-order valence-electron chi connectivity index (χ1n) is 6.65. The fourth-order valence-corrected chi connectivity index (χ4v) is 2.68. The Morgan fingerprint density at radius 2 is 1.76 bits per heavy atom. The second kappa shape index (κ2) is 6.54. The average Bonchev–Trinajstić information content (AvgIpc) is 2.95. The van der Waals surface area contributed by atoms with Crippen molar-refractivity contribution in [2.24, 2.45) is 0 Å². The maximum atomic E-state index is 12.0. The molecule has 0 fully saturated rings. The quantitative estimate of drug-likeness (QED) is 0.890. The van der Waals surface area contributed by atoms with Crippen molar-refractivity contribution in [2.45, 2.75) is 19.8 Å². The summed E-state index contributed by atoms with van der Waals surface area (Å²) >= 11 is 0.987. The first kappa shape index (κ1) is 15.3. The zero-order valence-electron chi connectivity index (χ0n) is 11.9. The normalized spacial score (nSPS) is 11.9. The Morgan fingerprint density at radius 1 is 1.14 bits per heavy atom. The van der Waals surface area contributed by atoms with E-state index in [-0.39, 0.29) is 16.7 Å². The molecule has 0 aliphatic heterocycles. The van der Waals surface area contributed by atoms with E-state index in [1.165, 1.54) is 17.2 Å². The number of carboxylic acids is 1. The van der Waals surface area contributed by atoms with Gasteiger partial charge in [0.25, 0.3) is 5.91 Å². The van der Waals surface area contributed by atoms with Gasteiger partial charge in [-0.2, -0.15) is 0 Å². The first-order valence-corrected chi connectivity index (χ1v) is 7.47. The number of rotatable bonds is 5. The molecule has 0 saturated heterocycles. The molecule has 0 saturated carbocycles. The number of nitrogens with one attached hydrogen (secondary N) is 1. The van der Waals surface area contributed by atoms with Crippen LogP contribution >= 0.6 is 11.3 Å². The van der Waals surface area contributed by atoms with Gasteiger partial charge in [0.2, 0.25) is 0 Å². The monoisotopic (exact) mass is 303 g/mol. The minimum atomic E-state index is -1.01. The van der Waals surface area contributed by atoms with Gasteiger partial charge in [0.15, 0.2) is 0 Å². The van der Waals surface area contributed by atoms with E-state index in [1.807, 2.05) is 26.0 Å². The van der Waals surface area contributed by atoms with E-state index >= 15 is 0 Å². The van der Waals surface area contributed by atoms with E-state index in [4.69, 9.17) is 5.11 Å². The molecule has 1 aromatic heterocycles. The molecule has 0 radical (unpaired) electrons. The maximum absolute atomic E-state index is 12.0. The largest absolute Gasteiger partial charge is 0.477 e. The van der Waals surface area contributed by atoms with Crippen LogP contribution in [0.5, 0.6) is 0 Å². The Hall–Kier alpha value is -2.14. The minimum absolute atomic E-state index is 0.173. The van der Waals surface area contributed by atoms with Gasteiger partial charge < -0.3 is 10.4 Å². The second-order valence-electron chi connectivity index (χ2n) is 4.99. The summed E-state index contributed by atoms with van der Waals surface area (Å²) in [5.74, 6) is -1.04. The molecule has 0 aliphatic rings. The van der Waals surface area contributed by atoms with Crippen LogP contribution in [-0.2, 0) is 0 Å². The molecule has 110 valence electrons. The van der Waals surface area contributed by atoms with Crippen molar-refractivity contribution in [3.05, 3.63) is 57.3 Å². The smallest absolute Gasteiger partial charge is 0.345 e. The number of aryl methyl sites for hydroxylation is 1. The highest BCUT2D eigenvalue weighted by molar-refractivity contribution is 7.15. The van der Waals surface area contributed by atoms with E-state index in [1.54, 1.807) is 6.07 Å². The molecule has 1 amide bonds. The number of hydrogen-bond donors (Lipinski definition) is 2. The van der Waals surface area contributed by atoms with Crippen LogP contribution in [0.1, 0.15) is 43.3 Å². The maximum Gasteiger partial charge on any atom is 0.345 e. The highest BCUT2D eigenvalue weighted by Crippen LogP contribution is 2.18. The van der Waals surface area contributed by atoms with Gasteiger partial charge in [-0.05, 0) is 30.5 Å². The summed E-state index contributed by atoms with van der Waals surface area (Å²) < 4.78 is 0. The lowest BCUT2D eigenvalue weighted by Gasteiger charge is -2.13. The molecule has 2 N–H and O–H groups in total. The Kier molecular flexibility index (Phi) is 4.75. The summed E-state index contributed by atoms with van der Waals surface area (Å²) in [7, 11) is 0. The number of carboxylic acid groups (broad SMARTS) is 1. The number of hydrogen-bond acceptors (Lipinski definition) is 3. The molecule has 21 heavy (non-hydrogen) atoms. The van der Waals surface area contributed by atoms with Crippen molar-refractivity contribution in [1.82, 2.24) is 5.32 Å². The minimum Gasteiger partial charge on any atom is -0.477 e. The van der Waals surface area contributed by atoms with E-state index in [0.717, 1.165) is 11.3 Å². The number of carbonyl (C=O) groups is 2. The average molecular weight is 303 g/mol. The Morgan fingerprint density at radius 3 is 2.33 bits per heavy atom. The summed E-state index contributed by atoms with van der Waals surface area (Å²) in [5, 5.41) is 11.7. The first-order chi connectivity index (χ1) is 9.97. The van der Waals surface area contributed by atoms with E-state index < -0.39 is 5.97 Å². The molecular formula is C16H17NO3S. The van der Waals surface area contributed by atoms with Crippen LogP contribution in [-0.4, -0.2) is 23.5 Å². The van der Waals surface area contributed by atoms with Crippen LogP contribution in [0, 0.1) is 6.92 Å². The number of thiophene rings is 1. The fraction of sp³-hybridized carbons (Fsp3) is 0.250. The molecule has 0 aliphatic carbocycles. The number of benzene rings is 1. The third kappa shape index (κ3) is 3.92. The van der Waals surface area contributed by atoms with E-state index in [0.29, 0.717) is 11.4 Å². The number of carbonyl (C=O) groups excluding carboxylic acids is 1. The SMILES string of the molecule is Cc1ccc(C(C)CNC(=O)c2ccc(C(=O)O)s2)cc1. The Labute approximate surface area is 127 Å². The van der Waals surface area contributed by atoms with Crippen molar-refractivity contribution >= 4 is 23.2 Å². The Balaban J connectivity index is 1.93. The molecule has 0 bridgehead atoms. The van der Waals surface area contributed by atoms with Gasteiger partial charge in [0, 0.05) is 6.54 Å². The number of aromatic carboxylic acids is 1. The van der Waals surface area contributed by atoms with Crippen LogP contribution in [0.15, 0.2) is 36.4 Å². The van der Waals surface area contributed by atoms with Gasteiger partial charge in [-0.15, -0.1) is 11.3 Å². The summed E-state index contributed by atoms with van der Waals surface area (Å²) in [6, 6.07) is 11.2. The molecule has 4 nitrogen and oxygen atoms in total. The summed E-state index contributed by atoms with van der Waals surface area (Å²) in [6.45, 7) is 4.59. The van der Waals surface area contributed by atoms with Crippen molar-refractivity contribution in [2.75, 3.05) is 6.54 Å². The lowest BCUT2D eigenvalue weighted by atomic mass is 10.00. The van der Waals surface area contributed by atoms with Crippen LogP contribution < -0.4 is 5.32 Å².